The van der Waals surface area contributed by atoms with Crippen molar-refractivity contribution in [2.45, 2.75) is 4.90 Å². The van der Waals surface area contributed by atoms with Crippen LogP contribution in [0.2, 0.25) is 0 Å². The third-order valence-electron chi connectivity index (χ3n) is 2.32. The van der Waals surface area contributed by atoms with Gasteiger partial charge < -0.3 is 0 Å². The standard InChI is InChI=1S/C10H11N3O2S2/c1-13-10(16)11-9(12-13)7-3-5-8(6-4-7)17(2,14)15/h3-6H,1-2H3,(H,11,12,16). The monoisotopic (exact) mass is 269 g/mol. The maximum atomic E-state index is 11.3. The molecule has 0 amide bonds. The van der Waals surface area contributed by atoms with Crippen molar-refractivity contribution in [1.82, 2.24) is 14.8 Å². The van der Waals surface area contributed by atoms with Crippen LogP contribution < -0.4 is 0 Å². The highest BCUT2D eigenvalue weighted by molar-refractivity contribution is 7.90. The normalized spacial score (nSPS) is 11.6. The topological polar surface area (TPSA) is 67.8 Å². The summed E-state index contributed by atoms with van der Waals surface area (Å²) >= 11 is 4.98. The predicted molar refractivity (Wildman–Crippen MR) is 66.9 cm³/mol. The van der Waals surface area contributed by atoms with Gasteiger partial charge in [0.15, 0.2) is 15.7 Å². The maximum absolute atomic E-state index is 11.3. The van der Waals surface area contributed by atoms with E-state index >= 15 is 0 Å². The largest absolute Gasteiger partial charge is 0.279 e. The van der Waals surface area contributed by atoms with Crippen molar-refractivity contribution in [1.29, 1.82) is 0 Å². The lowest BCUT2D eigenvalue weighted by molar-refractivity contribution is 0.602. The second-order valence-electron chi connectivity index (χ2n) is 3.71. The van der Waals surface area contributed by atoms with Crippen LogP contribution in [0.1, 0.15) is 0 Å². The van der Waals surface area contributed by atoms with E-state index in [1.165, 1.54) is 6.26 Å². The molecular weight excluding hydrogens is 258 g/mol. The smallest absolute Gasteiger partial charge is 0.216 e. The minimum absolute atomic E-state index is 0.288. The first-order chi connectivity index (χ1) is 7.88. The van der Waals surface area contributed by atoms with Crippen molar-refractivity contribution in [2.24, 2.45) is 7.05 Å². The Morgan fingerprint density at radius 2 is 1.88 bits per heavy atom. The molecule has 1 aromatic heterocycles. The second-order valence-corrected chi connectivity index (χ2v) is 6.09. The average Bonchev–Trinajstić information content (AvgIpc) is 2.58. The molecule has 0 saturated heterocycles. The number of nitrogens with zero attached hydrogens (tertiary/aromatic N) is 2. The molecule has 1 N–H and O–H groups in total. The van der Waals surface area contributed by atoms with E-state index in [0.29, 0.717) is 10.6 Å². The fourth-order valence-electron chi connectivity index (χ4n) is 1.39. The van der Waals surface area contributed by atoms with Gasteiger partial charge in [-0.2, -0.15) is 4.98 Å². The van der Waals surface area contributed by atoms with Gasteiger partial charge in [0.05, 0.1) is 4.90 Å². The fourth-order valence-corrected chi connectivity index (χ4v) is 2.16. The van der Waals surface area contributed by atoms with E-state index in [-0.39, 0.29) is 4.90 Å². The van der Waals surface area contributed by atoms with Crippen LogP contribution in [0.5, 0.6) is 0 Å². The summed E-state index contributed by atoms with van der Waals surface area (Å²) in [5.74, 6) is 0.623. The summed E-state index contributed by atoms with van der Waals surface area (Å²) in [5.41, 5.74) is 0.795. The van der Waals surface area contributed by atoms with Crippen LogP contribution in [0.3, 0.4) is 0 Å². The molecule has 1 heterocycles. The van der Waals surface area contributed by atoms with Crippen LogP contribution in [0.4, 0.5) is 0 Å². The number of hydrogen-bond acceptors (Lipinski definition) is 4. The summed E-state index contributed by atoms with van der Waals surface area (Å²) in [6, 6.07) is 6.50. The number of benzene rings is 1. The van der Waals surface area contributed by atoms with E-state index in [9.17, 15) is 8.42 Å². The molecule has 0 aliphatic rings. The molecule has 2 rings (SSSR count). The van der Waals surface area contributed by atoms with Gasteiger partial charge in [0.25, 0.3) is 0 Å². The Morgan fingerprint density at radius 1 is 1.29 bits per heavy atom. The van der Waals surface area contributed by atoms with Gasteiger partial charge in [0.1, 0.15) is 0 Å². The summed E-state index contributed by atoms with van der Waals surface area (Å²) in [7, 11) is -1.39. The van der Waals surface area contributed by atoms with E-state index in [2.05, 4.69) is 10.1 Å². The molecule has 0 unspecified atom stereocenters. The van der Waals surface area contributed by atoms with Crippen LogP contribution in [-0.4, -0.2) is 29.4 Å². The van der Waals surface area contributed by atoms with Crippen molar-refractivity contribution < 1.29 is 8.42 Å². The fraction of sp³-hybridized carbons (Fsp3) is 0.200. The third-order valence-corrected chi connectivity index (χ3v) is 3.82. The number of sulfone groups is 1. The zero-order chi connectivity index (χ0) is 12.6. The molecule has 0 fully saturated rings. The molecule has 2 aromatic rings. The number of H-pyrrole nitrogens is 1. The van der Waals surface area contributed by atoms with E-state index in [1.807, 2.05) is 0 Å². The van der Waals surface area contributed by atoms with Crippen LogP contribution in [-0.2, 0) is 16.9 Å². The molecule has 0 atom stereocenters. The van der Waals surface area contributed by atoms with Gasteiger partial charge in [-0.1, -0.05) is 0 Å². The zero-order valence-corrected chi connectivity index (χ0v) is 11.0. The predicted octanol–water partition coefficient (Wildman–Crippen LogP) is 1.55. The summed E-state index contributed by atoms with van der Waals surface area (Å²) in [4.78, 5) is 4.43. The summed E-state index contributed by atoms with van der Waals surface area (Å²) in [6.45, 7) is 0. The van der Waals surface area contributed by atoms with Crippen molar-refractivity contribution in [2.75, 3.05) is 6.26 Å². The minimum Gasteiger partial charge on any atom is -0.279 e. The van der Waals surface area contributed by atoms with Gasteiger partial charge >= 0.3 is 0 Å². The molecule has 0 spiro atoms. The van der Waals surface area contributed by atoms with Gasteiger partial charge in [-0.3, -0.25) is 9.78 Å². The SMILES string of the molecule is Cn1[nH]c(-c2ccc(S(C)(=O)=O)cc2)nc1=S. The quantitative estimate of drug-likeness (QED) is 0.840. The van der Waals surface area contributed by atoms with Crippen LogP contribution >= 0.6 is 12.2 Å². The molecule has 0 radical (unpaired) electrons. The number of nitrogens with one attached hydrogen (secondary N) is 1. The summed E-state index contributed by atoms with van der Waals surface area (Å²) < 4.78 is 24.7. The number of hydrogen-bond donors (Lipinski definition) is 1. The first-order valence-corrected chi connectivity index (χ1v) is 7.11. The van der Waals surface area contributed by atoms with E-state index in [4.69, 9.17) is 12.2 Å². The highest BCUT2D eigenvalue weighted by Crippen LogP contribution is 2.17. The number of rotatable bonds is 2. The maximum Gasteiger partial charge on any atom is 0.216 e. The van der Waals surface area contributed by atoms with Gasteiger partial charge in [-0.25, -0.2) is 8.42 Å². The molecule has 90 valence electrons. The average molecular weight is 269 g/mol. The Balaban J connectivity index is 2.46. The molecule has 0 bridgehead atoms. The van der Waals surface area contributed by atoms with Crippen LogP contribution in [0.25, 0.3) is 11.4 Å². The molecule has 0 aliphatic heterocycles. The van der Waals surface area contributed by atoms with Crippen molar-refractivity contribution in [3.05, 3.63) is 29.0 Å². The summed E-state index contributed by atoms with van der Waals surface area (Å²) in [5, 5.41) is 2.97. The van der Waals surface area contributed by atoms with Gasteiger partial charge in [-0.15, -0.1) is 0 Å². The molecule has 0 aliphatic carbocycles. The number of aromatic amines is 1. The zero-order valence-electron chi connectivity index (χ0n) is 9.34. The molecule has 1 aromatic carbocycles. The highest BCUT2D eigenvalue weighted by Gasteiger charge is 2.08. The Hall–Kier alpha value is -1.47. The minimum atomic E-state index is -3.16. The van der Waals surface area contributed by atoms with Crippen molar-refractivity contribution >= 4 is 22.1 Å². The van der Waals surface area contributed by atoms with E-state index in [0.717, 1.165) is 5.56 Å². The van der Waals surface area contributed by atoms with Crippen LogP contribution in [0.15, 0.2) is 29.2 Å². The molecule has 17 heavy (non-hydrogen) atoms. The van der Waals surface area contributed by atoms with Gasteiger partial charge in [0.2, 0.25) is 4.77 Å². The Labute approximate surface area is 104 Å². The van der Waals surface area contributed by atoms with Gasteiger partial charge in [-0.05, 0) is 36.5 Å². The number of aromatic nitrogens is 3. The van der Waals surface area contributed by atoms with E-state index in [1.54, 1.807) is 36.0 Å². The first kappa shape index (κ1) is 12.0. The highest BCUT2D eigenvalue weighted by atomic mass is 32.2. The summed E-state index contributed by atoms with van der Waals surface area (Å²) in [6.07, 6.45) is 1.18. The lowest BCUT2D eigenvalue weighted by Crippen LogP contribution is -1.96. The van der Waals surface area contributed by atoms with Crippen molar-refractivity contribution in [3.8, 4) is 11.4 Å². The third kappa shape index (κ3) is 2.45. The lowest BCUT2D eigenvalue weighted by Gasteiger charge is -1.99. The molecular formula is C10H11N3O2S2. The van der Waals surface area contributed by atoms with Crippen molar-refractivity contribution in [3.63, 3.8) is 0 Å². The Kier molecular flexibility index (Phi) is 2.88. The molecule has 0 saturated carbocycles. The Bertz CT molecular complexity index is 696. The van der Waals surface area contributed by atoms with E-state index < -0.39 is 9.84 Å². The number of aryl methyl sites for hydroxylation is 1. The first-order valence-electron chi connectivity index (χ1n) is 4.81. The molecule has 7 heteroatoms. The van der Waals surface area contributed by atoms with Gasteiger partial charge in [0, 0.05) is 18.9 Å². The Morgan fingerprint density at radius 3 is 2.29 bits per heavy atom. The lowest BCUT2D eigenvalue weighted by atomic mass is 10.2. The molecule has 5 nitrogen and oxygen atoms in total. The second kappa shape index (κ2) is 4.08. The van der Waals surface area contributed by atoms with Crippen LogP contribution in [0, 0.1) is 4.77 Å².